The lowest BCUT2D eigenvalue weighted by molar-refractivity contribution is 0.237. The maximum absolute atomic E-state index is 5.60. The number of nitrogens with zero attached hydrogens (tertiary/aromatic N) is 4. The summed E-state index contributed by atoms with van der Waals surface area (Å²) < 4.78 is 0. The van der Waals surface area contributed by atoms with Crippen molar-refractivity contribution in [1.82, 2.24) is 9.80 Å². The van der Waals surface area contributed by atoms with Gasteiger partial charge in [-0.1, -0.05) is 0 Å². The summed E-state index contributed by atoms with van der Waals surface area (Å²) in [6, 6.07) is 0. The summed E-state index contributed by atoms with van der Waals surface area (Å²) >= 11 is 0. The van der Waals surface area contributed by atoms with E-state index in [-0.39, 0.29) is 6.17 Å². The van der Waals surface area contributed by atoms with Crippen LogP contribution in [0.2, 0.25) is 0 Å². The first kappa shape index (κ1) is 8.34. The fraction of sp³-hybridized carbons (Fsp3) is 0.750. The predicted molar refractivity (Wildman–Crippen MR) is 52.5 cm³/mol. The van der Waals surface area contributed by atoms with Gasteiger partial charge in [0.2, 0.25) is 11.9 Å². The van der Waals surface area contributed by atoms with Crippen molar-refractivity contribution in [2.24, 2.45) is 15.7 Å². The molecule has 0 unspecified atom stereocenters. The topological polar surface area (TPSA) is 57.2 Å². The normalized spacial score (nSPS) is 28.0. The van der Waals surface area contributed by atoms with Gasteiger partial charge >= 0.3 is 0 Å². The van der Waals surface area contributed by atoms with Crippen LogP contribution in [0, 0.1) is 0 Å². The molecule has 0 aromatic rings. The first-order chi connectivity index (χ1) is 6.18. The molecule has 0 radical (unpaired) electrons. The molecule has 0 aromatic heterocycles. The average Bonchev–Trinajstić information content (AvgIpc) is 2.07. The molecule has 0 aliphatic carbocycles. The Kier molecular flexibility index (Phi) is 1.86. The largest absolute Gasteiger partial charge is 0.368 e. The highest BCUT2D eigenvalue weighted by molar-refractivity contribution is 5.96. The van der Waals surface area contributed by atoms with Gasteiger partial charge in [0.1, 0.15) is 6.17 Å². The Hall–Kier alpha value is -1.26. The van der Waals surface area contributed by atoms with Crippen molar-refractivity contribution < 1.29 is 0 Å². The van der Waals surface area contributed by atoms with Crippen molar-refractivity contribution >= 4 is 11.9 Å². The highest BCUT2D eigenvalue weighted by atomic mass is 15.5. The van der Waals surface area contributed by atoms with E-state index in [1.165, 1.54) is 0 Å². The molecule has 5 nitrogen and oxygen atoms in total. The summed E-state index contributed by atoms with van der Waals surface area (Å²) in [5.74, 6) is 1.36. The van der Waals surface area contributed by atoms with E-state index in [9.17, 15) is 0 Å². The summed E-state index contributed by atoms with van der Waals surface area (Å²) in [6.07, 6.45) is 1.30. The number of hydrogen-bond donors (Lipinski definition) is 1. The van der Waals surface area contributed by atoms with Crippen molar-refractivity contribution in [2.75, 3.05) is 20.1 Å². The fourth-order valence-electron chi connectivity index (χ4n) is 1.79. The minimum Gasteiger partial charge on any atom is -0.368 e. The highest BCUT2D eigenvalue weighted by Crippen LogP contribution is 2.15. The quantitative estimate of drug-likeness (QED) is 0.556. The Morgan fingerprint density at radius 2 is 2.23 bits per heavy atom. The van der Waals surface area contributed by atoms with Gasteiger partial charge in [0, 0.05) is 20.1 Å². The van der Waals surface area contributed by atoms with E-state index < -0.39 is 0 Å². The van der Waals surface area contributed by atoms with Gasteiger partial charge in [-0.15, -0.1) is 0 Å². The van der Waals surface area contributed by atoms with Gasteiger partial charge in [0.15, 0.2) is 0 Å². The Labute approximate surface area is 77.9 Å². The molecule has 1 fully saturated rings. The Balaban J connectivity index is 2.29. The van der Waals surface area contributed by atoms with Crippen molar-refractivity contribution in [3.8, 4) is 0 Å². The number of hydrogen-bond acceptors (Lipinski definition) is 5. The second-order valence-electron chi connectivity index (χ2n) is 3.50. The minimum atomic E-state index is 0.134. The molecule has 72 valence electrons. The standard InChI is InChI=1S/C8H15N5/c1-6-10-7(9)11-8-12(2)4-3-5-13(6)8/h6H,3-5H2,1-2H3,(H2,9,10)/t6-/m1/s1. The van der Waals surface area contributed by atoms with Crippen molar-refractivity contribution in [3.05, 3.63) is 0 Å². The number of nitrogens with two attached hydrogens (primary N) is 1. The zero-order chi connectivity index (χ0) is 9.42. The summed E-state index contributed by atoms with van der Waals surface area (Å²) in [6.45, 7) is 4.12. The van der Waals surface area contributed by atoms with E-state index in [1.807, 2.05) is 14.0 Å². The maximum Gasteiger partial charge on any atom is 0.220 e. The Bertz CT molecular complexity index is 270. The van der Waals surface area contributed by atoms with Crippen molar-refractivity contribution in [2.45, 2.75) is 19.5 Å². The molecule has 2 aliphatic rings. The van der Waals surface area contributed by atoms with Gasteiger partial charge in [-0.25, -0.2) is 4.99 Å². The lowest BCUT2D eigenvalue weighted by atomic mass is 10.2. The van der Waals surface area contributed by atoms with Gasteiger partial charge in [0.25, 0.3) is 0 Å². The zero-order valence-electron chi connectivity index (χ0n) is 8.06. The summed E-state index contributed by atoms with van der Waals surface area (Å²) in [5.41, 5.74) is 5.60. The smallest absolute Gasteiger partial charge is 0.220 e. The van der Waals surface area contributed by atoms with E-state index >= 15 is 0 Å². The summed E-state index contributed by atoms with van der Waals surface area (Å²) in [5, 5.41) is 0. The highest BCUT2D eigenvalue weighted by Gasteiger charge is 2.27. The molecule has 2 N–H and O–H groups in total. The average molecular weight is 181 g/mol. The maximum atomic E-state index is 5.60. The van der Waals surface area contributed by atoms with E-state index in [0.717, 1.165) is 25.5 Å². The molecule has 5 heteroatoms. The minimum absolute atomic E-state index is 0.134. The van der Waals surface area contributed by atoms with Gasteiger partial charge in [-0.3, -0.25) is 0 Å². The van der Waals surface area contributed by atoms with Crippen LogP contribution >= 0.6 is 0 Å². The van der Waals surface area contributed by atoms with Crippen LogP contribution in [0.25, 0.3) is 0 Å². The van der Waals surface area contributed by atoms with Crippen molar-refractivity contribution in [3.63, 3.8) is 0 Å². The van der Waals surface area contributed by atoms with Crippen LogP contribution in [0.15, 0.2) is 9.98 Å². The monoisotopic (exact) mass is 181 g/mol. The van der Waals surface area contributed by atoms with E-state index in [0.29, 0.717) is 5.96 Å². The Morgan fingerprint density at radius 3 is 3.00 bits per heavy atom. The fourth-order valence-corrected chi connectivity index (χ4v) is 1.79. The predicted octanol–water partition coefficient (Wildman–Crippen LogP) is -0.346. The third-order valence-electron chi connectivity index (χ3n) is 2.48. The first-order valence-corrected chi connectivity index (χ1v) is 4.58. The number of fused-ring (bicyclic) bond motifs is 1. The van der Waals surface area contributed by atoms with Gasteiger partial charge < -0.3 is 15.5 Å². The van der Waals surface area contributed by atoms with Gasteiger partial charge in [0.05, 0.1) is 0 Å². The molecule has 0 bridgehead atoms. The van der Waals surface area contributed by atoms with Crippen LogP contribution in [0.4, 0.5) is 0 Å². The molecular weight excluding hydrogens is 166 g/mol. The van der Waals surface area contributed by atoms with Crippen LogP contribution in [0.5, 0.6) is 0 Å². The third kappa shape index (κ3) is 1.34. The zero-order valence-corrected chi connectivity index (χ0v) is 8.06. The number of aliphatic imine (C=N–C) groups is 2. The summed E-state index contributed by atoms with van der Waals surface area (Å²) in [4.78, 5) is 12.7. The number of guanidine groups is 2. The second-order valence-corrected chi connectivity index (χ2v) is 3.50. The van der Waals surface area contributed by atoms with E-state index in [2.05, 4.69) is 19.8 Å². The SMILES string of the molecule is C[C@@H]1N=C(N)N=C2N(C)CCCN21. The molecule has 2 heterocycles. The molecule has 13 heavy (non-hydrogen) atoms. The van der Waals surface area contributed by atoms with Crippen molar-refractivity contribution in [1.29, 1.82) is 0 Å². The molecule has 0 saturated carbocycles. The molecule has 1 atom stereocenters. The molecule has 0 spiro atoms. The van der Waals surface area contributed by atoms with Gasteiger partial charge in [-0.05, 0) is 13.3 Å². The third-order valence-corrected chi connectivity index (χ3v) is 2.48. The van der Waals surface area contributed by atoms with Crippen LogP contribution in [0.1, 0.15) is 13.3 Å². The van der Waals surface area contributed by atoms with Gasteiger partial charge in [-0.2, -0.15) is 4.99 Å². The van der Waals surface area contributed by atoms with Crippen LogP contribution in [-0.2, 0) is 0 Å². The molecule has 2 rings (SSSR count). The Morgan fingerprint density at radius 1 is 1.46 bits per heavy atom. The second kappa shape index (κ2) is 2.90. The lowest BCUT2D eigenvalue weighted by Gasteiger charge is -2.40. The molecule has 0 amide bonds. The van der Waals surface area contributed by atoms with E-state index in [4.69, 9.17) is 5.73 Å². The van der Waals surface area contributed by atoms with Crippen LogP contribution < -0.4 is 5.73 Å². The van der Waals surface area contributed by atoms with Crippen LogP contribution in [-0.4, -0.2) is 48.0 Å². The molecule has 1 saturated heterocycles. The lowest BCUT2D eigenvalue weighted by Crippen LogP contribution is -2.54. The molecule has 0 aromatic carbocycles. The molecular formula is C8H15N5. The van der Waals surface area contributed by atoms with E-state index in [1.54, 1.807) is 0 Å². The number of rotatable bonds is 0. The van der Waals surface area contributed by atoms with Crippen LogP contribution in [0.3, 0.4) is 0 Å². The molecule has 2 aliphatic heterocycles. The summed E-state index contributed by atoms with van der Waals surface area (Å²) in [7, 11) is 2.04. The first-order valence-electron chi connectivity index (χ1n) is 4.58.